The molecular formula is C21H27N2OS2+. The van der Waals surface area contributed by atoms with Crippen LogP contribution in [0.4, 0.5) is 0 Å². The number of nitrogens with one attached hydrogen (secondary N) is 2. The molecule has 0 aliphatic carbocycles. The van der Waals surface area contributed by atoms with Crippen LogP contribution in [-0.2, 0) is 0 Å². The number of hydrogen-bond acceptors (Lipinski definition) is 3. The highest BCUT2D eigenvalue weighted by atomic mass is 32.2. The first-order valence-electron chi connectivity index (χ1n) is 9.11. The van der Waals surface area contributed by atoms with Crippen molar-refractivity contribution in [2.45, 2.75) is 17.0 Å². The SMILES string of the molecule is C[NH+](C)C[C@H](NC(=O)c1ccc(C2SCCCS2)cc1)c1ccccc1. The molecule has 1 heterocycles. The van der Waals surface area contributed by atoms with Gasteiger partial charge in [-0.05, 0) is 41.2 Å². The Labute approximate surface area is 164 Å². The fourth-order valence-electron chi connectivity index (χ4n) is 3.06. The second-order valence-electron chi connectivity index (χ2n) is 6.90. The summed E-state index contributed by atoms with van der Waals surface area (Å²) in [5.74, 6) is 2.45. The van der Waals surface area contributed by atoms with Crippen molar-refractivity contribution < 1.29 is 9.69 Å². The molecule has 1 saturated heterocycles. The van der Waals surface area contributed by atoms with Gasteiger partial charge in [0.05, 0.1) is 18.7 Å². The van der Waals surface area contributed by atoms with Crippen molar-refractivity contribution in [1.82, 2.24) is 5.32 Å². The van der Waals surface area contributed by atoms with Crippen molar-refractivity contribution in [3.63, 3.8) is 0 Å². The molecule has 3 rings (SSSR count). The van der Waals surface area contributed by atoms with Crippen LogP contribution in [0.3, 0.4) is 0 Å². The molecule has 1 atom stereocenters. The van der Waals surface area contributed by atoms with E-state index >= 15 is 0 Å². The first kappa shape index (κ1) is 19.3. The van der Waals surface area contributed by atoms with Crippen LogP contribution in [0.15, 0.2) is 54.6 Å². The van der Waals surface area contributed by atoms with Gasteiger partial charge in [-0.1, -0.05) is 42.5 Å². The summed E-state index contributed by atoms with van der Waals surface area (Å²) in [7, 11) is 4.22. The predicted molar refractivity (Wildman–Crippen MR) is 113 cm³/mol. The van der Waals surface area contributed by atoms with Crippen molar-refractivity contribution in [2.24, 2.45) is 0 Å². The van der Waals surface area contributed by atoms with Crippen molar-refractivity contribution >= 4 is 29.4 Å². The molecule has 1 aliphatic rings. The number of hydrogen-bond donors (Lipinski definition) is 2. The molecule has 0 spiro atoms. The zero-order valence-electron chi connectivity index (χ0n) is 15.4. The van der Waals surface area contributed by atoms with E-state index < -0.39 is 0 Å². The second kappa shape index (κ2) is 9.49. The third-order valence-corrected chi connectivity index (χ3v) is 7.41. The van der Waals surface area contributed by atoms with Gasteiger partial charge in [0.2, 0.25) is 0 Å². The van der Waals surface area contributed by atoms with Crippen LogP contribution in [0.5, 0.6) is 0 Å². The predicted octanol–water partition coefficient (Wildman–Crippen LogP) is 3.17. The van der Waals surface area contributed by atoms with Gasteiger partial charge in [0.1, 0.15) is 12.6 Å². The van der Waals surface area contributed by atoms with E-state index in [4.69, 9.17) is 0 Å². The highest BCUT2D eigenvalue weighted by Crippen LogP contribution is 2.43. The molecule has 26 heavy (non-hydrogen) atoms. The smallest absolute Gasteiger partial charge is 0.251 e. The molecule has 0 saturated carbocycles. The average molecular weight is 388 g/mol. The summed E-state index contributed by atoms with van der Waals surface area (Å²) in [6.45, 7) is 0.850. The maximum Gasteiger partial charge on any atom is 0.251 e. The lowest BCUT2D eigenvalue weighted by molar-refractivity contribution is -0.860. The van der Waals surface area contributed by atoms with Crippen LogP contribution >= 0.6 is 23.5 Å². The van der Waals surface area contributed by atoms with Crippen molar-refractivity contribution in [2.75, 3.05) is 32.1 Å². The summed E-state index contributed by atoms with van der Waals surface area (Å²) in [5, 5.41) is 3.21. The van der Waals surface area contributed by atoms with E-state index in [2.05, 4.69) is 43.7 Å². The lowest BCUT2D eigenvalue weighted by Crippen LogP contribution is -3.06. The van der Waals surface area contributed by atoms with Gasteiger partial charge < -0.3 is 10.2 Å². The molecule has 0 aromatic heterocycles. The van der Waals surface area contributed by atoms with Gasteiger partial charge in [-0.25, -0.2) is 0 Å². The molecule has 1 amide bonds. The van der Waals surface area contributed by atoms with Crippen molar-refractivity contribution in [3.8, 4) is 0 Å². The van der Waals surface area contributed by atoms with E-state index in [1.54, 1.807) is 0 Å². The Morgan fingerprint density at radius 1 is 1.08 bits per heavy atom. The molecule has 2 N–H and O–H groups in total. The Bertz CT molecular complexity index is 698. The first-order valence-corrected chi connectivity index (χ1v) is 11.2. The monoisotopic (exact) mass is 387 g/mol. The second-order valence-corrected chi connectivity index (χ2v) is 9.62. The van der Waals surface area contributed by atoms with Crippen LogP contribution in [0.25, 0.3) is 0 Å². The molecule has 1 aliphatic heterocycles. The fraction of sp³-hybridized carbons (Fsp3) is 0.381. The van der Waals surface area contributed by atoms with Gasteiger partial charge in [0, 0.05) is 5.56 Å². The molecule has 0 unspecified atom stereocenters. The minimum atomic E-state index is -0.00407. The number of likely N-dealkylation sites (N-methyl/N-ethyl adjacent to an activating group) is 1. The maximum absolute atomic E-state index is 12.8. The normalized spacial score (nSPS) is 16.4. The van der Waals surface area contributed by atoms with Crippen LogP contribution in [-0.4, -0.2) is 38.1 Å². The van der Waals surface area contributed by atoms with E-state index in [-0.39, 0.29) is 11.9 Å². The molecular weight excluding hydrogens is 360 g/mol. The minimum absolute atomic E-state index is 0.00407. The summed E-state index contributed by atoms with van der Waals surface area (Å²) in [6, 6.07) is 18.4. The molecule has 138 valence electrons. The Hall–Kier alpha value is -1.43. The van der Waals surface area contributed by atoms with E-state index in [0.717, 1.165) is 17.7 Å². The summed E-state index contributed by atoms with van der Waals surface area (Å²) in [6.07, 6.45) is 1.29. The van der Waals surface area contributed by atoms with Gasteiger partial charge in [-0.15, -0.1) is 23.5 Å². The van der Waals surface area contributed by atoms with E-state index in [0.29, 0.717) is 4.58 Å². The molecule has 0 bridgehead atoms. The van der Waals surface area contributed by atoms with E-state index in [1.165, 1.54) is 28.4 Å². The third-order valence-electron chi connectivity index (χ3n) is 4.39. The van der Waals surface area contributed by atoms with E-state index in [9.17, 15) is 4.79 Å². The molecule has 5 heteroatoms. The van der Waals surface area contributed by atoms with Gasteiger partial charge in [0.15, 0.2) is 0 Å². The van der Waals surface area contributed by atoms with Gasteiger partial charge >= 0.3 is 0 Å². The lowest BCUT2D eigenvalue weighted by atomic mass is 10.1. The van der Waals surface area contributed by atoms with Crippen LogP contribution in [0.2, 0.25) is 0 Å². The van der Waals surface area contributed by atoms with Gasteiger partial charge in [0.25, 0.3) is 5.91 Å². The quantitative estimate of drug-likeness (QED) is 0.799. The number of quaternary nitrogens is 1. The number of carbonyl (C=O) groups is 1. The molecule has 0 radical (unpaired) electrons. The molecule has 2 aromatic carbocycles. The molecule has 2 aromatic rings. The van der Waals surface area contributed by atoms with Crippen molar-refractivity contribution in [1.29, 1.82) is 0 Å². The Morgan fingerprint density at radius 2 is 1.73 bits per heavy atom. The Kier molecular flexibility index (Phi) is 7.06. The van der Waals surface area contributed by atoms with E-state index in [1.807, 2.05) is 53.9 Å². The van der Waals surface area contributed by atoms with Crippen molar-refractivity contribution in [3.05, 3.63) is 71.3 Å². The Balaban J connectivity index is 1.68. The van der Waals surface area contributed by atoms with Crippen LogP contribution in [0.1, 0.15) is 38.5 Å². The largest absolute Gasteiger partial charge is 0.340 e. The van der Waals surface area contributed by atoms with Crippen LogP contribution in [0, 0.1) is 0 Å². The zero-order valence-corrected chi connectivity index (χ0v) is 17.0. The number of carbonyl (C=O) groups excluding carboxylic acids is 1. The van der Waals surface area contributed by atoms with Gasteiger partial charge in [-0.3, -0.25) is 4.79 Å². The Morgan fingerprint density at radius 3 is 2.35 bits per heavy atom. The average Bonchev–Trinajstić information content (AvgIpc) is 2.68. The topological polar surface area (TPSA) is 33.5 Å². The molecule has 3 nitrogen and oxygen atoms in total. The maximum atomic E-state index is 12.8. The molecule has 1 fully saturated rings. The summed E-state index contributed by atoms with van der Waals surface area (Å²) < 4.78 is 0.510. The number of rotatable bonds is 6. The fourth-order valence-corrected chi connectivity index (χ4v) is 5.95. The number of amides is 1. The zero-order chi connectivity index (χ0) is 18.4. The number of benzene rings is 2. The van der Waals surface area contributed by atoms with Crippen LogP contribution < -0.4 is 10.2 Å². The standard InChI is InChI=1S/C21H26N2OS2/c1-23(2)15-19(16-7-4-3-5-8-16)22-20(24)17-9-11-18(12-10-17)21-25-13-6-14-26-21/h3-5,7-12,19,21H,6,13-15H2,1-2H3,(H,22,24)/p+1/t19-/m0/s1. The summed E-state index contributed by atoms with van der Waals surface area (Å²) in [4.78, 5) is 14.1. The summed E-state index contributed by atoms with van der Waals surface area (Å²) in [5.41, 5.74) is 3.19. The minimum Gasteiger partial charge on any atom is -0.340 e. The third kappa shape index (κ3) is 5.29. The number of thioether (sulfide) groups is 2. The highest BCUT2D eigenvalue weighted by Gasteiger charge is 2.20. The highest BCUT2D eigenvalue weighted by molar-refractivity contribution is 8.16. The first-order chi connectivity index (χ1) is 12.6. The summed E-state index contributed by atoms with van der Waals surface area (Å²) >= 11 is 4.01. The lowest BCUT2D eigenvalue weighted by Gasteiger charge is -2.22. The van der Waals surface area contributed by atoms with Gasteiger partial charge in [-0.2, -0.15) is 0 Å².